The van der Waals surface area contributed by atoms with E-state index in [4.69, 9.17) is 15.6 Å². The van der Waals surface area contributed by atoms with Crippen molar-refractivity contribution in [3.8, 4) is 5.75 Å². The smallest absolute Gasteiger partial charge is 0.144 e. The summed E-state index contributed by atoms with van der Waals surface area (Å²) in [4.78, 5) is 0. The maximum atomic E-state index is 8.92. The second-order valence-electron chi connectivity index (χ2n) is 3.82. The highest BCUT2D eigenvalue weighted by molar-refractivity contribution is 5.72. The van der Waals surface area contributed by atoms with Gasteiger partial charge in [-0.05, 0) is 25.0 Å². The molecule has 0 spiro atoms. The standard InChI is InChI=1S/C12H20N2O2/c1-3-16-11-6-4-5-10(12(11)13)14-7-9(2)8-15/h4-6,9,14-15H,3,7-8,13H2,1-2H3. The maximum Gasteiger partial charge on any atom is 0.144 e. The number of benzene rings is 1. The van der Waals surface area contributed by atoms with Gasteiger partial charge in [0.05, 0.1) is 18.0 Å². The van der Waals surface area contributed by atoms with Gasteiger partial charge in [-0.2, -0.15) is 0 Å². The monoisotopic (exact) mass is 224 g/mol. The molecular formula is C12H20N2O2. The molecule has 1 aromatic rings. The molecule has 0 bridgehead atoms. The highest BCUT2D eigenvalue weighted by Crippen LogP contribution is 2.29. The molecule has 0 saturated carbocycles. The van der Waals surface area contributed by atoms with E-state index >= 15 is 0 Å². The molecule has 1 unspecified atom stereocenters. The van der Waals surface area contributed by atoms with E-state index in [2.05, 4.69) is 5.32 Å². The van der Waals surface area contributed by atoms with Crippen molar-refractivity contribution in [2.75, 3.05) is 30.8 Å². The van der Waals surface area contributed by atoms with Crippen molar-refractivity contribution in [3.63, 3.8) is 0 Å². The summed E-state index contributed by atoms with van der Waals surface area (Å²) in [6, 6.07) is 5.65. The van der Waals surface area contributed by atoms with E-state index in [1.165, 1.54) is 0 Å². The van der Waals surface area contributed by atoms with E-state index in [9.17, 15) is 0 Å². The number of hydrogen-bond acceptors (Lipinski definition) is 4. The number of aliphatic hydroxyl groups excluding tert-OH is 1. The van der Waals surface area contributed by atoms with Crippen LogP contribution in [0.25, 0.3) is 0 Å². The molecule has 0 aliphatic carbocycles. The van der Waals surface area contributed by atoms with Crippen molar-refractivity contribution in [2.45, 2.75) is 13.8 Å². The fourth-order valence-electron chi connectivity index (χ4n) is 1.33. The average molecular weight is 224 g/mol. The summed E-state index contributed by atoms with van der Waals surface area (Å²) >= 11 is 0. The Hall–Kier alpha value is -1.42. The van der Waals surface area contributed by atoms with Gasteiger partial charge in [0.1, 0.15) is 5.75 Å². The second kappa shape index (κ2) is 6.23. The van der Waals surface area contributed by atoms with E-state index in [0.717, 1.165) is 5.69 Å². The van der Waals surface area contributed by atoms with Crippen molar-refractivity contribution < 1.29 is 9.84 Å². The first kappa shape index (κ1) is 12.6. The molecule has 1 rings (SSSR count). The first-order valence-corrected chi connectivity index (χ1v) is 5.55. The molecule has 90 valence electrons. The summed E-state index contributed by atoms with van der Waals surface area (Å²) in [6.07, 6.45) is 0. The largest absolute Gasteiger partial charge is 0.492 e. The van der Waals surface area contributed by atoms with Crippen molar-refractivity contribution >= 4 is 11.4 Å². The van der Waals surface area contributed by atoms with Gasteiger partial charge >= 0.3 is 0 Å². The van der Waals surface area contributed by atoms with Gasteiger partial charge in [-0.3, -0.25) is 0 Å². The molecule has 4 heteroatoms. The Morgan fingerprint density at radius 3 is 2.88 bits per heavy atom. The van der Waals surface area contributed by atoms with E-state index in [0.29, 0.717) is 24.6 Å². The second-order valence-corrected chi connectivity index (χ2v) is 3.82. The van der Waals surface area contributed by atoms with Crippen molar-refractivity contribution in [3.05, 3.63) is 18.2 Å². The lowest BCUT2D eigenvalue weighted by molar-refractivity contribution is 0.244. The minimum atomic E-state index is 0.165. The Labute approximate surface area is 96.4 Å². The minimum Gasteiger partial charge on any atom is -0.492 e. The summed E-state index contributed by atoms with van der Waals surface area (Å²) in [5, 5.41) is 12.1. The highest BCUT2D eigenvalue weighted by Gasteiger charge is 2.06. The fourth-order valence-corrected chi connectivity index (χ4v) is 1.33. The Kier molecular flexibility index (Phi) is 4.92. The zero-order valence-electron chi connectivity index (χ0n) is 9.86. The van der Waals surface area contributed by atoms with Crippen LogP contribution in [0.5, 0.6) is 5.75 Å². The lowest BCUT2D eigenvalue weighted by Crippen LogP contribution is -2.15. The van der Waals surface area contributed by atoms with Gasteiger partial charge in [-0.15, -0.1) is 0 Å². The van der Waals surface area contributed by atoms with Crippen LogP contribution in [0, 0.1) is 5.92 Å². The quantitative estimate of drug-likeness (QED) is 0.643. The summed E-state index contributed by atoms with van der Waals surface area (Å²) in [6.45, 7) is 5.35. The summed E-state index contributed by atoms with van der Waals surface area (Å²) in [7, 11) is 0. The molecule has 4 nitrogen and oxygen atoms in total. The lowest BCUT2D eigenvalue weighted by atomic mass is 10.2. The molecule has 16 heavy (non-hydrogen) atoms. The molecule has 1 aromatic carbocycles. The van der Waals surface area contributed by atoms with Gasteiger partial charge in [0.2, 0.25) is 0 Å². The van der Waals surface area contributed by atoms with Crippen LogP contribution in [0.1, 0.15) is 13.8 Å². The number of nitrogens with one attached hydrogen (secondary N) is 1. The number of anilines is 2. The third-order valence-electron chi connectivity index (χ3n) is 2.32. The fraction of sp³-hybridized carbons (Fsp3) is 0.500. The van der Waals surface area contributed by atoms with E-state index in [-0.39, 0.29) is 12.5 Å². The normalized spacial score (nSPS) is 12.2. The predicted octanol–water partition coefficient (Wildman–Crippen LogP) is 1.71. The highest BCUT2D eigenvalue weighted by atomic mass is 16.5. The van der Waals surface area contributed by atoms with Crippen LogP contribution in [0.3, 0.4) is 0 Å². The van der Waals surface area contributed by atoms with Gasteiger partial charge < -0.3 is 20.9 Å². The molecule has 0 saturated heterocycles. The maximum absolute atomic E-state index is 8.92. The van der Waals surface area contributed by atoms with Gasteiger partial charge in [-0.1, -0.05) is 13.0 Å². The van der Waals surface area contributed by atoms with Crippen molar-refractivity contribution in [1.82, 2.24) is 0 Å². The Balaban J connectivity index is 2.69. The average Bonchev–Trinajstić information content (AvgIpc) is 2.30. The molecule has 0 aromatic heterocycles. The summed E-state index contributed by atoms with van der Waals surface area (Å²) in [5.74, 6) is 0.902. The Morgan fingerprint density at radius 1 is 1.50 bits per heavy atom. The number of hydrogen-bond donors (Lipinski definition) is 3. The number of nitrogens with two attached hydrogens (primary N) is 1. The number of nitrogen functional groups attached to an aromatic ring is 1. The predicted molar refractivity (Wildman–Crippen MR) is 66.8 cm³/mol. The van der Waals surface area contributed by atoms with Crippen LogP contribution in [0.15, 0.2) is 18.2 Å². The van der Waals surface area contributed by atoms with Gasteiger partial charge in [-0.25, -0.2) is 0 Å². The van der Waals surface area contributed by atoms with E-state index in [1.54, 1.807) is 0 Å². The van der Waals surface area contributed by atoms with Crippen molar-refractivity contribution in [2.24, 2.45) is 5.92 Å². The van der Waals surface area contributed by atoms with Crippen LogP contribution in [-0.2, 0) is 0 Å². The zero-order valence-corrected chi connectivity index (χ0v) is 9.86. The number of aliphatic hydroxyl groups is 1. The van der Waals surface area contributed by atoms with Crippen LogP contribution < -0.4 is 15.8 Å². The Morgan fingerprint density at radius 2 is 2.25 bits per heavy atom. The molecular weight excluding hydrogens is 204 g/mol. The molecule has 0 heterocycles. The van der Waals surface area contributed by atoms with E-state index in [1.807, 2.05) is 32.0 Å². The van der Waals surface area contributed by atoms with Gasteiger partial charge in [0, 0.05) is 13.2 Å². The molecule has 4 N–H and O–H groups in total. The first-order chi connectivity index (χ1) is 7.69. The van der Waals surface area contributed by atoms with Crippen molar-refractivity contribution in [1.29, 1.82) is 0 Å². The molecule has 0 fully saturated rings. The SMILES string of the molecule is CCOc1cccc(NCC(C)CO)c1N. The van der Waals surface area contributed by atoms with Crippen LogP contribution in [-0.4, -0.2) is 24.9 Å². The third kappa shape index (κ3) is 3.31. The van der Waals surface area contributed by atoms with Crippen LogP contribution in [0.2, 0.25) is 0 Å². The number of para-hydroxylation sites is 1. The minimum absolute atomic E-state index is 0.165. The lowest BCUT2D eigenvalue weighted by Gasteiger charge is -2.15. The third-order valence-corrected chi connectivity index (χ3v) is 2.32. The molecule has 0 amide bonds. The summed E-state index contributed by atoms with van der Waals surface area (Å²) in [5.41, 5.74) is 7.42. The van der Waals surface area contributed by atoms with Crippen LogP contribution >= 0.6 is 0 Å². The number of ether oxygens (including phenoxy) is 1. The zero-order chi connectivity index (χ0) is 12.0. The number of rotatable bonds is 6. The molecule has 0 aliphatic heterocycles. The molecule has 0 aliphatic rings. The van der Waals surface area contributed by atoms with Gasteiger partial charge in [0.25, 0.3) is 0 Å². The Bertz CT molecular complexity index is 329. The topological polar surface area (TPSA) is 67.5 Å². The van der Waals surface area contributed by atoms with Gasteiger partial charge in [0.15, 0.2) is 0 Å². The van der Waals surface area contributed by atoms with E-state index < -0.39 is 0 Å². The molecule has 0 radical (unpaired) electrons. The molecule has 1 atom stereocenters. The van der Waals surface area contributed by atoms with Crippen LogP contribution in [0.4, 0.5) is 11.4 Å². The first-order valence-electron chi connectivity index (χ1n) is 5.55. The summed E-state index contributed by atoms with van der Waals surface area (Å²) < 4.78 is 5.40.